The Morgan fingerprint density at radius 1 is 1.35 bits per heavy atom. The van der Waals surface area contributed by atoms with E-state index in [4.69, 9.17) is 0 Å². The second-order valence-corrected chi connectivity index (χ2v) is 6.91. The molecule has 0 amide bonds. The third kappa shape index (κ3) is 2.26. The van der Waals surface area contributed by atoms with Gasteiger partial charge in [0.15, 0.2) is 0 Å². The van der Waals surface area contributed by atoms with E-state index in [1.807, 2.05) is 13.8 Å². The van der Waals surface area contributed by atoms with Gasteiger partial charge in [-0.15, -0.1) is 0 Å². The molecule has 1 spiro atoms. The van der Waals surface area contributed by atoms with E-state index in [-0.39, 0.29) is 11.4 Å². The van der Waals surface area contributed by atoms with Crippen molar-refractivity contribution in [3.63, 3.8) is 0 Å². The third-order valence-electron chi connectivity index (χ3n) is 5.46. The summed E-state index contributed by atoms with van der Waals surface area (Å²) >= 11 is 0. The molecule has 0 aromatic heterocycles. The van der Waals surface area contributed by atoms with Crippen LogP contribution in [0.25, 0.3) is 0 Å². The number of hydrogen-bond donors (Lipinski definition) is 0. The van der Waals surface area contributed by atoms with Gasteiger partial charge in [0, 0.05) is 12.1 Å². The fourth-order valence-electron chi connectivity index (χ4n) is 4.56. The fourth-order valence-corrected chi connectivity index (χ4v) is 4.56. The summed E-state index contributed by atoms with van der Waals surface area (Å²) in [6, 6.07) is 0. The molecule has 0 aromatic rings. The molecule has 1 nitrogen and oxygen atoms in total. The standard InChI is InChI=1S/C16H24FN.C2H6/c1-4-14(17)13-10-16(9-12(2)3)15(5-6-15)7-8-18(16)11-13;1-2/h4,12H,1,5-11H2,2-3H3;1-2H3/b14-13-;/t16-;/m1./s1. The molecule has 1 aliphatic carbocycles. The van der Waals surface area contributed by atoms with E-state index in [0.29, 0.717) is 11.3 Å². The number of halogens is 1. The minimum Gasteiger partial charge on any atom is -0.293 e. The molecule has 2 heteroatoms. The zero-order valence-electron chi connectivity index (χ0n) is 13.6. The summed E-state index contributed by atoms with van der Waals surface area (Å²) in [6.07, 6.45) is 7.62. The average Bonchev–Trinajstić information content (AvgIpc) is 3.08. The molecule has 3 aliphatic rings. The maximum Gasteiger partial charge on any atom is 0.123 e. The summed E-state index contributed by atoms with van der Waals surface area (Å²) in [5.41, 5.74) is 1.80. The van der Waals surface area contributed by atoms with E-state index in [0.717, 1.165) is 18.5 Å². The van der Waals surface area contributed by atoms with Crippen molar-refractivity contribution in [3.8, 4) is 0 Å². The highest BCUT2D eigenvalue weighted by Crippen LogP contribution is 2.68. The lowest BCUT2D eigenvalue weighted by Gasteiger charge is -2.39. The van der Waals surface area contributed by atoms with Gasteiger partial charge in [0.05, 0.1) is 0 Å². The van der Waals surface area contributed by atoms with Crippen LogP contribution in [0.15, 0.2) is 24.1 Å². The van der Waals surface area contributed by atoms with Crippen molar-refractivity contribution in [2.24, 2.45) is 11.3 Å². The molecule has 1 atom stereocenters. The van der Waals surface area contributed by atoms with Crippen molar-refractivity contribution < 1.29 is 4.39 Å². The molecule has 1 saturated carbocycles. The summed E-state index contributed by atoms with van der Waals surface area (Å²) in [6.45, 7) is 14.2. The van der Waals surface area contributed by atoms with Crippen molar-refractivity contribution in [3.05, 3.63) is 24.1 Å². The molecular weight excluding hydrogens is 249 g/mol. The van der Waals surface area contributed by atoms with Crippen LogP contribution in [-0.2, 0) is 0 Å². The molecule has 0 unspecified atom stereocenters. The zero-order chi connectivity index (χ0) is 15.0. The number of allylic oxidation sites excluding steroid dienone is 2. The van der Waals surface area contributed by atoms with Gasteiger partial charge in [0.2, 0.25) is 0 Å². The van der Waals surface area contributed by atoms with Crippen LogP contribution in [0, 0.1) is 11.3 Å². The molecule has 3 rings (SSSR count). The van der Waals surface area contributed by atoms with Crippen LogP contribution in [0.4, 0.5) is 4.39 Å². The van der Waals surface area contributed by atoms with Crippen molar-refractivity contribution in [1.29, 1.82) is 0 Å². The molecule has 114 valence electrons. The van der Waals surface area contributed by atoms with Gasteiger partial charge in [0.1, 0.15) is 5.83 Å². The number of hydrogen-bond acceptors (Lipinski definition) is 1. The largest absolute Gasteiger partial charge is 0.293 e. The van der Waals surface area contributed by atoms with E-state index in [9.17, 15) is 4.39 Å². The molecule has 0 bridgehead atoms. The molecular formula is C18H30FN. The first kappa shape index (κ1) is 15.8. The number of nitrogens with zero attached hydrogens (tertiary/aromatic N) is 1. The first-order chi connectivity index (χ1) is 9.53. The van der Waals surface area contributed by atoms with E-state index in [2.05, 4.69) is 25.3 Å². The molecule has 2 heterocycles. The SMILES string of the molecule is C=C/C(F)=C1/CN2CCC3(CC3)[C@@]2(CC(C)C)C1.CC. The molecule has 3 fully saturated rings. The average molecular weight is 279 g/mol. The Hall–Kier alpha value is -0.630. The van der Waals surface area contributed by atoms with E-state index in [1.165, 1.54) is 38.3 Å². The Kier molecular flexibility index (Phi) is 4.44. The molecule has 20 heavy (non-hydrogen) atoms. The van der Waals surface area contributed by atoms with E-state index in [1.54, 1.807) is 0 Å². The van der Waals surface area contributed by atoms with Gasteiger partial charge in [-0.1, -0.05) is 34.3 Å². The monoisotopic (exact) mass is 279 g/mol. The minimum absolute atomic E-state index is 0.0664. The van der Waals surface area contributed by atoms with Crippen LogP contribution in [-0.4, -0.2) is 23.5 Å². The van der Waals surface area contributed by atoms with E-state index < -0.39 is 0 Å². The predicted octanol–water partition coefficient (Wildman–Crippen LogP) is 5.10. The van der Waals surface area contributed by atoms with Crippen molar-refractivity contribution in [1.82, 2.24) is 4.90 Å². The predicted molar refractivity (Wildman–Crippen MR) is 84.3 cm³/mol. The molecule has 2 saturated heterocycles. The first-order valence-electron chi connectivity index (χ1n) is 8.28. The second-order valence-electron chi connectivity index (χ2n) is 6.91. The van der Waals surface area contributed by atoms with Gasteiger partial charge in [0.25, 0.3) is 0 Å². The highest BCUT2D eigenvalue weighted by Gasteiger charge is 2.66. The minimum atomic E-state index is -0.0664. The Bertz CT molecular complexity index is 406. The van der Waals surface area contributed by atoms with Gasteiger partial charge < -0.3 is 0 Å². The Morgan fingerprint density at radius 3 is 2.50 bits per heavy atom. The van der Waals surface area contributed by atoms with Gasteiger partial charge in [-0.05, 0) is 61.6 Å². The highest BCUT2D eigenvalue weighted by atomic mass is 19.1. The van der Waals surface area contributed by atoms with Gasteiger partial charge in [-0.3, -0.25) is 4.90 Å². The lowest BCUT2D eigenvalue weighted by Crippen LogP contribution is -2.45. The van der Waals surface area contributed by atoms with Gasteiger partial charge in [-0.25, -0.2) is 4.39 Å². The summed E-state index contributed by atoms with van der Waals surface area (Å²) in [5.74, 6) is 0.623. The number of fused-ring (bicyclic) bond motifs is 2. The third-order valence-corrected chi connectivity index (χ3v) is 5.46. The summed E-state index contributed by atoms with van der Waals surface area (Å²) < 4.78 is 13.9. The van der Waals surface area contributed by atoms with Crippen molar-refractivity contribution >= 4 is 0 Å². The topological polar surface area (TPSA) is 3.24 Å². The van der Waals surface area contributed by atoms with Crippen LogP contribution < -0.4 is 0 Å². The van der Waals surface area contributed by atoms with Crippen LogP contribution in [0.1, 0.15) is 59.8 Å². The highest BCUT2D eigenvalue weighted by molar-refractivity contribution is 5.33. The smallest absolute Gasteiger partial charge is 0.123 e. The zero-order valence-corrected chi connectivity index (χ0v) is 13.6. The van der Waals surface area contributed by atoms with Crippen molar-refractivity contribution in [2.45, 2.75) is 65.3 Å². The Balaban J connectivity index is 0.000000704. The van der Waals surface area contributed by atoms with Gasteiger partial charge in [-0.2, -0.15) is 0 Å². The van der Waals surface area contributed by atoms with Crippen molar-refractivity contribution in [2.75, 3.05) is 13.1 Å². The normalized spacial score (nSPS) is 32.9. The first-order valence-corrected chi connectivity index (χ1v) is 8.28. The van der Waals surface area contributed by atoms with E-state index >= 15 is 0 Å². The second kappa shape index (κ2) is 5.63. The fraction of sp³-hybridized carbons (Fsp3) is 0.778. The lowest BCUT2D eigenvalue weighted by molar-refractivity contribution is 0.108. The Morgan fingerprint density at radius 2 is 2.00 bits per heavy atom. The maximum absolute atomic E-state index is 13.9. The molecule has 0 aromatic carbocycles. The molecule has 2 aliphatic heterocycles. The summed E-state index contributed by atoms with van der Waals surface area (Å²) in [4.78, 5) is 2.58. The van der Waals surface area contributed by atoms with Crippen LogP contribution in [0.2, 0.25) is 0 Å². The van der Waals surface area contributed by atoms with Gasteiger partial charge >= 0.3 is 0 Å². The lowest BCUT2D eigenvalue weighted by atomic mass is 9.74. The van der Waals surface area contributed by atoms with Crippen LogP contribution in [0.3, 0.4) is 0 Å². The van der Waals surface area contributed by atoms with Crippen LogP contribution >= 0.6 is 0 Å². The quantitative estimate of drug-likeness (QED) is 0.695. The molecule has 0 radical (unpaired) electrons. The van der Waals surface area contributed by atoms with Crippen LogP contribution in [0.5, 0.6) is 0 Å². The molecule has 0 N–H and O–H groups in total. The summed E-state index contributed by atoms with van der Waals surface area (Å²) in [7, 11) is 0. The Labute approximate surface area is 123 Å². The maximum atomic E-state index is 13.9. The summed E-state index contributed by atoms with van der Waals surface area (Å²) in [5, 5.41) is 0. The number of rotatable bonds is 3.